The summed E-state index contributed by atoms with van der Waals surface area (Å²) in [5.74, 6) is 0.992. The van der Waals surface area contributed by atoms with Gasteiger partial charge in [0.25, 0.3) is 5.69 Å². The Bertz CT molecular complexity index is 674. The highest BCUT2D eigenvalue weighted by atomic mass is 16.6. The minimum Gasteiger partial charge on any atom is -0.379 e. The molecule has 8 nitrogen and oxygen atoms in total. The number of anilines is 1. The van der Waals surface area contributed by atoms with E-state index in [0.717, 1.165) is 0 Å². The van der Waals surface area contributed by atoms with Crippen LogP contribution in [0.4, 0.5) is 11.4 Å². The van der Waals surface area contributed by atoms with Crippen molar-refractivity contribution in [1.82, 2.24) is 10.1 Å². The van der Waals surface area contributed by atoms with Gasteiger partial charge in [-0.1, -0.05) is 5.16 Å². The average Bonchev–Trinajstić information content (AvgIpc) is 2.84. The Labute approximate surface area is 114 Å². The molecular weight excluding hydrogens is 262 g/mol. The van der Waals surface area contributed by atoms with Crippen molar-refractivity contribution in [2.75, 3.05) is 11.9 Å². The molecule has 1 heterocycles. The molecule has 1 N–H and O–H groups in total. The normalized spacial score (nSPS) is 10.0. The molecule has 0 spiro atoms. The monoisotopic (exact) mass is 273 g/mol. The van der Waals surface area contributed by atoms with Crippen LogP contribution in [0.25, 0.3) is 0 Å². The first kappa shape index (κ1) is 13.5. The van der Waals surface area contributed by atoms with E-state index < -0.39 is 4.92 Å². The highest BCUT2D eigenvalue weighted by molar-refractivity contribution is 5.64. The van der Waals surface area contributed by atoms with Gasteiger partial charge in [-0.2, -0.15) is 10.2 Å². The zero-order chi connectivity index (χ0) is 14.5. The minimum atomic E-state index is -0.498. The SMILES string of the molecule is Cc1nc(CCNc2cc(C#N)ccc2[N+](=O)[O-])no1. The Morgan fingerprint density at radius 2 is 2.35 bits per heavy atom. The summed E-state index contributed by atoms with van der Waals surface area (Å²) >= 11 is 0. The quantitative estimate of drug-likeness (QED) is 0.651. The first-order valence-corrected chi connectivity index (χ1v) is 5.82. The fraction of sp³-hybridized carbons (Fsp3) is 0.250. The number of aromatic nitrogens is 2. The van der Waals surface area contributed by atoms with E-state index in [0.29, 0.717) is 35.9 Å². The molecule has 0 bridgehead atoms. The second-order valence-electron chi connectivity index (χ2n) is 4.01. The molecule has 1 aromatic carbocycles. The fourth-order valence-electron chi connectivity index (χ4n) is 1.66. The number of hydrogen-bond donors (Lipinski definition) is 1. The van der Waals surface area contributed by atoms with Gasteiger partial charge in [0.2, 0.25) is 5.89 Å². The molecule has 0 aliphatic carbocycles. The molecule has 0 unspecified atom stereocenters. The van der Waals surface area contributed by atoms with Crippen molar-refractivity contribution in [3.8, 4) is 6.07 Å². The summed E-state index contributed by atoms with van der Waals surface area (Å²) in [5.41, 5.74) is 0.580. The zero-order valence-corrected chi connectivity index (χ0v) is 10.7. The minimum absolute atomic E-state index is 0.0757. The highest BCUT2D eigenvalue weighted by Crippen LogP contribution is 2.25. The third kappa shape index (κ3) is 3.08. The van der Waals surface area contributed by atoms with Crippen molar-refractivity contribution >= 4 is 11.4 Å². The van der Waals surface area contributed by atoms with Crippen molar-refractivity contribution in [1.29, 1.82) is 5.26 Å². The maximum Gasteiger partial charge on any atom is 0.292 e. The van der Waals surface area contributed by atoms with E-state index in [-0.39, 0.29) is 5.69 Å². The molecule has 102 valence electrons. The van der Waals surface area contributed by atoms with E-state index in [4.69, 9.17) is 9.78 Å². The van der Waals surface area contributed by atoms with E-state index in [1.54, 1.807) is 6.92 Å². The summed E-state index contributed by atoms with van der Waals surface area (Å²) in [6.07, 6.45) is 0.464. The van der Waals surface area contributed by atoms with Crippen molar-refractivity contribution in [2.24, 2.45) is 0 Å². The van der Waals surface area contributed by atoms with E-state index in [1.165, 1.54) is 18.2 Å². The van der Waals surface area contributed by atoms with Crippen LogP contribution in [0.3, 0.4) is 0 Å². The van der Waals surface area contributed by atoms with E-state index >= 15 is 0 Å². The maximum absolute atomic E-state index is 10.9. The Morgan fingerprint density at radius 3 is 2.95 bits per heavy atom. The molecule has 0 aliphatic heterocycles. The van der Waals surface area contributed by atoms with Crippen LogP contribution >= 0.6 is 0 Å². The van der Waals surface area contributed by atoms with Crippen molar-refractivity contribution in [3.05, 3.63) is 45.6 Å². The number of nitrogens with zero attached hydrogens (tertiary/aromatic N) is 4. The van der Waals surface area contributed by atoms with Gasteiger partial charge in [-0.25, -0.2) is 0 Å². The molecule has 0 amide bonds. The molecule has 1 aromatic heterocycles. The molecule has 2 aromatic rings. The fourth-order valence-corrected chi connectivity index (χ4v) is 1.66. The summed E-state index contributed by atoms with van der Waals surface area (Å²) in [5, 5.41) is 26.4. The molecule has 0 aliphatic rings. The molecule has 0 radical (unpaired) electrons. The van der Waals surface area contributed by atoms with Crippen LogP contribution in [0.1, 0.15) is 17.3 Å². The first-order chi connectivity index (χ1) is 9.60. The molecule has 2 rings (SSSR count). The molecule has 8 heteroatoms. The van der Waals surface area contributed by atoms with Crippen molar-refractivity contribution < 1.29 is 9.45 Å². The van der Waals surface area contributed by atoms with Crippen LogP contribution in [-0.2, 0) is 6.42 Å². The maximum atomic E-state index is 10.9. The second kappa shape index (κ2) is 5.79. The molecule has 0 fully saturated rings. The van der Waals surface area contributed by atoms with Gasteiger partial charge in [-0.05, 0) is 12.1 Å². The summed E-state index contributed by atoms with van der Waals surface area (Å²) in [4.78, 5) is 14.4. The highest BCUT2D eigenvalue weighted by Gasteiger charge is 2.14. The number of nitrogens with one attached hydrogen (secondary N) is 1. The third-order valence-corrected chi connectivity index (χ3v) is 2.56. The summed E-state index contributed by atoms with van der Waals surface area (Å²) in [6, 6.07) is 6.10. The smallest absolute Gasteiger partial charge is 0.292 e. The molecule has 20 heavy (non-hydrogen) atoms. The van der Waals surface area contributed by atoms with Crippen LogP contribution in [0.5, 0.6) is 0 Å². The summed E-state index contributed by atoms with van der Waals surface area (Å²) in [7, 11) is 0. The van der Waals surface area contributed by atoms with Gasteiger partial charge in [0.1, 0.15) is 5.69 Å². The molecule has 0 saturated heterocycles. The number of nitro groups is 1. The van der Waals surface area contributed by atoms with Gasteiger partial charge in [-0.15, -0.1) is 0 Å². The predicted molar refractivity (Wildman–Crippen MR) is 69.0 cm³/mol. The Hall–Kier alpha value is -2.95. The van der Waals surface area contributed by atoms with Crippen LogP contribution < -0.4 is 5.32 Å². The largest absolute Gasteiger partial charge is 0.379 e. The summed E-state index contributed by atoms with van der Waals surface area (Å²) in [6.45, 7) is 2.08. The van der Waals surface area contributed by atoms with Crippen molar-refractivity contribution in [2.45, 2.75) is 13.3 Å². The zero-order valence-electron chi connectivity index (χ0n) is 10.7. The van der Waals surface area contributed by atoms with E-state index in [9.17, 15) is 10.1 Å². The van der Waals surface area contributed by atoms with Gasteiger partial charge >= 0.3 is 0 Å². The van der Waals surface area contributed by atoms with Gasteiger partial charge in [-0.3, -0.25) is 10.1 Å². The first-order valence-electron chi connectivity index (χ1n) is 5.82. The Balaban J connectivity index is 2.07. The molecule has 0 saturated carbocycles. The number of nitriles is 1. The standard InChI is InChI=1S/C12H11N5O3/c1-8-15-12(16-20-8)4-5-14-10-6-9(7-13)2-3-11(10)17(18)19/h2-3,6,14H,4-5H2,1H3. The second-order valence-corrected chi connectivity index (χ2v) is 4.01. The van der Waals surface area contributed by atoms with Gasteiger partial charge in [0.15, 0.2) is 5.82 Å². The van der Waals surface area contributed by atoms with Gasteiger partial charge < -0.3 is 9.84 Å². The average molecular weight is 273 g/mol. The van der Waals surface area contributed by atoms with Crippen molar-refractivity contribution in [3.63, 3.8) is 0 Å². The lowest BCUT2D eigenvalue weighted by molar-refractivity contribution is -0.384. The molecular formula is C12H11N5O3. The predicted octanol–water partition coefficient (Wildman–Crippen LogP) is 1.81. The number of benzene rings is 1. The third-order valence-electron chi connectivity index (χ3n) is 2.56. The molecule has 0 atom stereocenters. The van der Waals surface area contributed by atoms with Gasteiger partial charge in [0.05, 0.1) is 16.6 Å². The lowest BCUT2D eigenvalue weighted by Crippen LogP contribution is -2.08. The Kier molecular flexibility index (Phi) is 3.91. The lowest BCUT2D eigenvalue weighted by Gasteiger charge is -2.05. The Morgan fingerprint density at radius 1 is 1.55 bits per heavy atom. The number of aryl methyl sites for hydroxylation is 1. The van der Waals surface area contributed by atoms with E-state index in [1.807, 2.05) is 6.07 Å². The number of rotatable bonds is 5. The number of nitro benzene ring substituents is 1. The lowest BCUT2D eigenvalue weighted by atomic mass is 10.2. The summed E-state index contributed by atoms with van der Waals surface area (Å²) < 4.78 is 4.83. The van der Waals surface area contributed by atoms with Crippen LogP contribution in [0.15, 0.2) is 22.7 Å². The van der Waals surface area contributed by atoms with Crippen LogP contribution in [0.2, 0.25) is 0 Å². The van der Waals surface area contributed by atoms with Crippen LogP contribution in [0, 0.1) is 28.4 Å². The van der Waals surface area contributed by atoms with E-state index in [2.05, 4.69) is 15.5 Å². The van der Waals surface area contributed by atoms with Crippen LogP contribution in [-0.4, -0.2) is 21.6 Å². The topological polar surface area (TPSA) is 118 Å². The number of hydrogen-bond acceptors (Lipinski definition) is 7. The van der Waals surface area contributed by atoms with Gasteiger partial charge in [0, 0.05) is 26.0 Å².